The van der Waals surface area contributed by atoms with Crippen LogP contribution >= 0.6 is 11.8 Å². The van der Waals surface area contributed by atoms with Gasteiger partial charge in [0.25, 0.3) is 0 Å². The number of nitrogens with two attached hydrogens (primary N) is 2. The van der Waals surface area contributed by atoms with E-state index in [1.54, 1.807) is 6.20 Å². The van der Waals surface area contributed by atoms with Gasteiger partial charge in [-0.25, -0.2) is 9.78 Å². The molecule has 0 radical (unpaired) electrons. The number of carboxylic acids is 1. The standard InChI is InChI=1S/C26H39N7O5S/c1-39-12-10-21(26(37)38)32-24(35)20(9-5-6-11-27)31-25(36)22(13-17-7-3-2-4-8-17)33-23(34)19(28)14-18-15-29-16-30-18/h2-4,7-8,15-16,19-22H,5-6,9-14,27-28H2,1H3,(H,29,30)(H,31,36)(H,32,35)(H,33,34)(H,37,38). The lowest BCUT2D eigenvalue weighted by atomic mass is 10.0. The zero-order valence-electron chi connectivity index (χ0n) is 22.1. The van der Waals surface area contributed by atoms with Crippen molar-refractivity contribution in [2.45, 2.75) is 62.7 Å². The smallest absolute Gasteiger partial charge is 0.326 e. The Bertz CT molecular complexity index is 1040. The SMILES string of the molecule is CSCCC(NC(=O)C(CCCCN)NC(=O)C(Cc1ccccc1)NC(=O)C(N)Cc1cnc[nH]1)C(=O)O. The van der Waals surface area contributed by atoms with Crippen molar-refractivity contribution in [2.24, 2.45) is 11.5 Å². The second kappa shape index (κ2) is 17.2. The number of hydrogen-bond donors (Lipinski definition) is 7. The number of aromatic amines is 1. The van der Waals surface area contributed by atoms with Crippen molar-refractivity contribution in [2.75, 3.05) is 18.6 Å². The van der Waals surface area contributed by atoms with Crippen LogP contribution in [-0.4, -0.2) is 81.5 Å². The number of amides is 3. The van der Waals surface area contributed by atoms with Gasteiger partial charge in [0.05, 0.1) is 12.4 Å². The van der Waals surface area contributed by atoms with E-state index in [1.165, 1.54) is 18.1 Å². The number of nitrogens with zero attached hydrogens (tertiary/aromatic N) is 1. The van der Waals surface area contributed by atoms with Crippen LogP contribution in [0.3, 0.4) is 0 Å². The molecule has 0 aliphatic heterocycles. The summed E-state index contributed by atoms with van der Waals surface area (Å²) in [5.41, 5.74) is 13.2. The maximum Gasteiger partial charge on any atom is 0.326 e. The molecule has 0 spiro atoms. The molecule has 0 aliphatic carbocycles. The molecule has 13 heteroatoms. The second-order valence-corrected chi connectivity index (χ2v) is 10.2. The lowest BCUT2D eigenvalue weighted by Gasteiger charge is -2.25. The number of unbranched alkanes of at least 4 members (excludes halogenated alkanes) is 1. The number of benzene rings is 1. The fourth-order valence-electron chi connectivity index (χ4n) is 3.86. The Morgan fingerprint density at radius 3 is 2.23 bits per heavy atom. The number of rotatable bonds is 18. The highest BCUT2D eigenvalue weighted by Crippen LogP contribution is 2.08. The number of hydrogen-bond acceptors (Lipinski definition) is 8. The van der Waals surface area contributed by atoms with Crippen molar-refractivity contribution < 1.29 is 24.3 Å². The number of nitrogens with one attached hydrogen (secondary N) is 4. The summed E-state index contributed by atoms with van der Waals surface area (Å²) in [7, 11) is 0. The number of aliphatic carboxylic acids is 1. The zero-order chi connectivity index (χ0) is 28.6. The Labute approximate surface area is 232 Å². The zero-order valence-corrected chi connectivity index (χ0v) is 22.9. The summed E-state index contributed by atoms with van der Waals surface area (Å²) in [4.78, 5) is 57.9. The second-order valence-electron chi connectivity index (χ2n) is 9.16. The lowest BCUT2D eigenvalue weighted by molar-refractivity contribution is -0.142. The summed E-state index contributed by atoms with van der Waals surface area (Å²) in [6.07, 6.45) is 6.93. The molecule has 1 aromatic heterocycles. The minimum atomic E-state index is -1.15. The third-order valence-corrected chi connectivity index (χ3v) is 6.70. The van der Waals surface area contributed by atoms with Gasteiger partial charge < -0.3 is 37.5 Å². The van der Waals surface area contributed by atoms with Crippen molar-refractivity contribution in [3.63, 3.8) is 0 Å². The largest absolute Gasteiger partial charge is 0.480 e. The number of imidazole rings is 1. The van der Waals surface area contributed by atoms with Crippen LogP contribution in [0.4, 0.5) is 0 Å². The van der Waals surface area contributed by atoms with E-state index >= 15 is 0 Å². The predicted octanol–water partition coefficient (Wildman–Crippen LogP) is -0.0567. The van der Waals surface area contributed by atoms with Crippen LogP contribution in [0.25, 0.3) is 0 Å². The predicted molar refractivity (Wildman–Crippen MR) is 150 cm³/mol. The van der Waals surface area contributed by atoms with Gasteiger partial charge in [0.1, 0.15) is 18.1 Å². The molecule has 0 saturated carbocycles. The van der Waals surface area contributed by atoms with Crippen molar-refractivity contribution in [3.8, 4) is 0 Å². The quantitative estimate of drug-likeness (QED) is 0.122. The van der Waals surface area contributed by atoms with Crippen molar-refractivity contribution in [1.82, 2.24) is 25.9 Å². The van der Waals surface area contributed by atoms with E-state index in [1.807, 2.05) is 36.6 Å². The van der Waals surface area contributed by atoms with Crippen LogP contribution in [0.15, 0.2) is 42.9 Å². The summed E-state index contributed by atoms with van der Waals surface area (Å²) in [5.74, 6) is -2.32. The van der Waals surface area contributed by atoms with Crippen LogP contribution < -0.4 is 27.4 Å². The first-order valence-electron chi connectivity index (χ1n) is 12.8. The van der Waals surface area contributed by atoms with E-state index < -0.39 is 47.9 Å². The first-order chi connectivity index (χ1) is 18.7. The molecule has 0 fully saturated rings. The highest BCUT2D eigenvalue weighted by atomic mass is 32.2. The van der Waals surface area contributed by atoms with Crippen LogP contribution in [0.2, 0.25) is 0 Å². The Morgan fingerprint density at radius 2 is 1.62 bits per heavy atom. The summed E-state index contributed by atoms with van der Waals surface area (Å²) in [6.45, 7) is 0.411. The third-order valence-electron chi connectivity index (χ3n) is 6.05. The Balaban J connectivity index is 2.18. The van der Waals surface area contributed by atoms with Gasteiger partial charge in [-0.1, -0.05) is 30.3 Å². The van der Waals surface area contributed by atoms with Gasteiger partial charge in [-0.3, -0.25) is 14.4 Å². The maximum absolute atomic E-state index is 13.5. The molecule has 0 bridgehead atoms. The van der Waals surface area contributed by atoms with E-state index in [2.05, 4.69) is 25.9 Å². The minimum absolute atomic E-state index is 0.164. The Kier molecular flexibility index (Phi) is 14.0. The number of aromatic nitrogens is 2. The van der Waals surface area contributed by atoms with Crippen molar-refractivity contribution in [3.05, 3.63) is 54.1 Å². The molecular formula is C26H39N7O5S. The summed E-state index contributed by atoms with van der Waals surface area (Å²) < 4.78 is 0. The molecule has 12 nitrogen and oxygen atoms in total. The molecule has 39 heavy (non-hydrogen) atoms. The van der Waals surface area contributed by atoms with Gasteiger partial charge in [0.15, 0.2) is 0 Å². The number of carbonyl (C=O) groups excluding carboxylic acids is 3. The van der Waals surface area contributed by atoms with Gasteiger partial charge in [-0.2, -0.15) is 11.8 Å². The first kappa shape index (κ1) is 31.8. The molecule has 9 N–H and O–H groups in total. The number of H-pyrrole nitrogens is 1. The maximum atomic E-state index is 13.5. The fraction of sp³-hybridized carbons (Fsp3) is 0.500. The summed E-state index contributed by atoms with van der Waals surface area (Å²) in [6, 6.07) is 5.08. The molecule has 0 saturated heterocycles. The van der Waals surface area contributed by atoms with Crippen molar-refractivity contribution >= 4 is 35.5 Å². The first-order valence-corrected chi connectivity index (χ1v) is 14.2. The minimum Gasteiger partial charge on any atom is -0.480 e. The molecule has 2 rings (SSSR count). The average Bonchev–Trinajstić information content (AvgIpc) is 3.43. The normalized spacial score (nSPS) is 14.0. The molecule has 4 atom stereocenters. The Morgan fingerprint density at radius 1 is 0.949 bits per heavy atom. The molecule has 214 valence electrons. The number of carbonyl (C=O) groups is 4. The molecule has 1 heterocycles. The average molecular weight is 562 g/mol. The molecule has 4 unspecified atom stereocenters. The van der Waals surface area contributed by atoms with E-state index in [0.717, 1.165) is 5.56 Å². The van der Waals surface area contributed by atoms with E-state index in [4.69, 9.17) is 11.5 Å². The monoisotopic (exact) mass is 561 g/mol. The van der Waals surface area contributed by atoms with Crippen LogP contribution in [0.1, 0.15) is 36.9 Å². The Hall–Kier alpha value is -3.42. The number of thioether (sulfide) groups is 1. The fourth-order valence-corrected chi connectivity index (χ4v) is 4.33. The van der Waals surface area contributed by atoms with Gasteiger partial charge in [-0.05, 0) is 49.8 Å². The molecule has 2 aromatic rings. The lowest BCUT2D eigenvalue weighted by Crippen LogP contribution is -2.57. The number of carboxylic acid groups (broad SMARTS) is 1. The molecule has 3 amide bonds. The third kappa shape index (κ3) is 11.5. The summed E-state index contributed by atoms with van der Waals surface area (Å²) >= 11 is 1.47. The van der Waals surface area contributed by atoms with Crippen LogP contribution in [0.5, 0.6) is 0 Å². The molecule has 1 aromatic carbocycles. The topological polar surface area (TPSA) is 205 Å². The van der Waals surface area contributed by atoms with E-state index in [0.29, 0.717) is 30.8 Å². The highest BCUT2D eigenvalue weighted by molar-refractivity contribution is 7.98. The molecular weight excluding hydrogens is 522 g/mol. The van der Waals surface area contributed by atoms with Crippen molar-refractivity contribution in [1.29, 1.82) is 0 Å². The molecule has 0 aliphatic rings. The van der Waals surface area contributed by atoms with Gasteiger partial charge in [0.2, 0.25) is 17.7 Å². The highest BCUT2D eigenvalue weighted by Gasteiger charge is 2.30. The van der Waals surface area contributed by atoms with E-state index in [9.17, 15) is 24.3 Å². The van der Waals surface area contributed by atoms with Gasteiger partial charge >= 0.3 is 5.97 Å². The van der Waals surface area contributed by atoms with Gasteiger partial charge in [-0.15, -0.1) is 0 Å². The van der Waals surface area contributed by atoms with Crippen LogP contribution in [-0.2, 0) is 32.0 Å². The van der Waals surface area contributed by atoms with Crippen LogP contribution in [0, 0.1) is 0 Å². The summed E-state index contributed by atoms with van der Waals surface area (Å²) in [5, 5.41) is 17.5. The van der Waals surface area contributed by atoms with E-state index in [-0.39, 0.29) is 25.7 Å². The van der Waals surface area contributed by atoms with Gasteiger partial charge in [0, 0.05) is 24.7 Å².